The maximum Gasteiger partial charge on any atom is 0.405 e. The van der Waals surface area contributed by atoms with Crippen molar-refractivity contribution in [2.24, 2.45) is 11.8 Å². The highest BCUT2D eigenvalue weighted by Crippen LogP contribution is 2.34. The summed E-state index contributed by atoms with van der Waals surface area (Å²) in [4.78, 5) is 57.0. The first-order chi connectivity index (χ1) is 23.8. The lowest BCUT2D eigenvalue weighted by molar-refractivity contribution is -0.178. The van der Waals surface area contributed by atoms with Gasteiger partial charge in [0.05, 0.1) is 17.2 Å². The fourth-order valence-electron chi connectivity index (χ4n) is 4.99. The van der Waals surface area contributed by atoms with E-state index in [1.165, 1.54) is 69.6 Å². The number of carbonyl (C=O) groups is 4. The summed E-state index contributed by atoms with van der Waals surface area (Å²) in [6.07, 6.45) is -7.53. The van der Waals surface area contributed by atoms with E-state index >= 15 is 8.78 Å². The summed E-state index contributed by atoms with van der Waals surface area (Å²) < 4.78 is 72.9. The Morgan fingerprint density at radius 2 is 1.59 bits per heavy atom. The third-order valence-electron chi connectivity index (χ3n) is 7.82. The second kappa shape index (κ2) is 17.7. The number of aliphatic hydroxyl groups excluding tert-OH is 1. The van der Waals surface area contributed by atoms with Crippen molar-refractivity contribution in [2.75, 3.05) is 13.7 Å². The third kappa shape index (κ3) is 11.6. The van der Waals surface area contributed by atoms with Gasteiger partial charge in [-0.15, -0.1) is 0 Å². The summed E-state index contributed by atoms with van der Waals surface area (Å²) in [6.45, 7) is 0.670. The molecule has 3 amide bonds. The number of benzene rings is 2. The second-order valence-electron chi connectivity index (χ2n) is 11.9. The van der Waals surface area contributed by atoms with E-state index < -0.39 is 78.6 Å². The Morgan fingerprint density at radius 3 is 2.14 bits per heavy atom. The maximum absolute atomic E-state index is 15.0. The van der Waals surface area contributed by atoms with E-state index in [1.807, 2.05) is 0 Å². The lowest BCUT2D eigenvalue weighted by Gasteiger charge is -2.32. The van der Waals surface area contributed by atoms with Crippen molar-refractivity contribution in [1.82, 2.24) is 20.9 Å². The lowest BCUT2D eigenvalue weighted by Crippen LogP contribution is -2.54. The number of nitrogens with zero attached hydrogens (tertiary/aromatic N) is 1. The minimum Gasteiger partial charge on any atom is -0.497 e. The highest BCUT2D eigenvalue weighted by Gasteiger charge is 2.52. The number of halogens is 7. The number of rotatable bonds is 16. The molecule has 2 aromatic carbocycles. The molecule has 0 unspecified atom stereocenters. The molecule has 0 aliphatic heterocycles. The van der Waals surface area contributed by atoms with Gasteiger partial charge in [-0.3, -0.25) is 24.2 Å². The van der Waals surface area contributed by atoms with Gasteiger partial charge in [-0.2, -0.15) is 22.0 Å². The molecule has 0 saturated carbocycles. The Hall–Kier alpha value is -4.34. The van der Waals surface area contributed by atoms with Gasteiger partial charge in [-0.25, -0.2) is 0 Å². The Labute approximate surface area is 300 Å². The van der Waals surface area contributed by atoms with Gasteiger partial charge in [0.1, 0.15) is 36.2 Å². The molecular weight excluding hydrogens is 726 g/mol. The Bertz CT molecular complexity index is 1680. The van der Waals surface area contributed by atoms with E-state index in [0.29, 0.717) is 11.3 Å². The number of methoxy groups -OCH3 is 1. The monoisotopic (exact) mass is 760 g/mol. The van der Waals surface area contributed by atoms with Crippen molar-refractivity contribution in [3.8, 4) is 5.75 Å². The smallest absolute Gasteiger partial charge is 0.405 e. The van der Waals surface area contributed by atoms with Gasteiger partial charge in [0.15, 0.2) is 5.78 Å². The fraction of sp³-hybridized carbons (Fsp3) is 0.382. The largest absolute Gasteiger partial charge is 0.497 e. The zero-order valence-electron chi connectivity index (χ0n) is 27.4. The minimum absolute atomic E-state index is 0.0267. The molecule has 0 aliphatic carbocycles. The molecule has 276 valence electrons. The molecule has 0 aliphatic rings. The zero-order valence-corrected chi connectivity index (χ0v) is 29.0. The number of pyridine rings is 1. The van der Waals surface area contributed by atoms with Crippen molar-refractivity contribution in [3.05, 3.63) is 93.7 Å². The van der Waals surface area contributed by atoms with Gasteiger partial charge in [0, 0.05) is 25.0 Å². The first kappa shape index (κ1) is 41.1. The summed E-state index contributed by atoms with van der Waals surface area (Å²) >= 11 is 12.2. The predicted octanol–water partition coefficient (Wildman–Crippen LogP) is 5.50. The van der Waals surface area contributed by atoms with Crippen molar-refractivity contribution in [1.29, 1.82) is 0 Å². The average Bonchev–Trinajstić information content (AvgIpc) is 3.09. The SMILES string of the molecule is COc1ccc([C@H](NC(=O)[C@H](Cc2ccc(Cl)c(Cl)c2)NC(=O)c2ccccn2)C(=O)C[C@@H](C(C)C)[C@@H](O)C(F)(F)C(=O)NCC(F)(F)F)cc1. The number of hydrogen-bond donors (Lipinski definition) is 4. The molecule has 4 atom stereocenters. The molecule has 0 saturated heterocycles. The van der Waals surface area contributed by atoms with Crippen LogP contribution in [0.15, 0.2) is 66.9 Å². The molecule has 1 aromatic heterocycles. The number of aromatic nitrogens is 1. The predicted molar refractivity (Wildman–Crippen MR) is 178 cm³/mol. The molecule has 3 aromatic rings. The molecule has 1 heterocycles. The Balaban J connectivity index is 1.96. The van der Waals surface area contributed by atoms with E-state index in [2.05, 4.69) is 15.6 Å². The maximum atomic E-state index is 15.0. The quantitative estimate of drug-likeness (QED) is 0.141. The van der Waals surface area contributed by atoms with Gasteiger partial charge in [-0.05, 0) is 53.4 Å². The number of ether oxygens (including phenoxy) is 1. The molecule has 0 radical (unpaired) electrons. The summed E-state index contributed by atoms with van der Waals surface area (Å²) in [5, 5.41) is 17.2. The molecule has 0 spiro atoms. The molecule has 51 heavy (non-hydrogen) atoms. The van der Waals surface area contributed by atoms with Crippen LogP contribution in [0, 0.1) is 11.8 Å². The number of ketones is 1. The molecular formula is C34H35Cl2F5N4O6. The molecule has 3 rings (SSSR count). The van der Waals surface area contributed by atoms with Gasteiger partial charge in [0.2, 0.25) is 5.91 Å². The van der Waals surface area contributed by atoms with Crippen LogP contribution in [0.3, 0.4) is 0 Å². The topological polar surface area (TPSA) is 147 Å². The minimum atomic E-state index is -5.00. The summed E-state index contributed by atoms with van der Waals surface area (Å²) in [7, 11) is 1.39. The molecule has 10 nitrogen and oxygen atoms in total. The van der Waals surface area contributed by atoms with Crippen molar-refractivity contribution in [2.45, 2.75) is 57.0 Å². The normalized spacial score (nSPS) is 14.2. The number of Topliss-reactive ketones (excluding diaryl/α,β-unsaturated/α-hetero) is 1. The first-order valence-corrected chi connectivity index (χ1v) is 16.1. The van der Waals surface area contributed by atoms with E-state index in [1.54, 1.807) is 18.2 Å². The molecule has 17 heteroatoms. The number of amides is 3. The Morgan fingerprint density at radius 1 is 0.922 bits per heavy atom. The van der Waals surface area contributed by atoms with E-state index in [9.17, 15) is 37.5 Å². The van der Waals surface area contributed by atoms with Crippen LogP contribution in [0.5, 0.6) is 5.75 Å². The summed E-state index contributed by atoms with van der Waals surface area (Å²) in [5.41, 5.74) is 0.596. The highest BCUT2D eigenvalue weighted by atomic mass is 35.5. The second-order valence-corrected chi connectivity index (χ2v) is 12.7. The summed E-state index contributed by atoms with van der Waals surface area (Å²) in [5.74, 6) is -11.8. The van der Waals surface area contributed by atoms with Gasteiger partial charge in [0.25, 0.3) is 11.8 Å². The van der Waals surface area contributed by atoms with Crippen LogP contribution >= 0.6 is 23.2 Å². The van der Waals surface area contributed by atoms with E-state index in [-0.39, 0.29) is 27.7 Å². The van der Waals surface area contributed by atoms with Crippen LogP contribution in [0.4, 0.5) is 22.0 Å². The summed E-state index contributed by atoms with van der Waals surface area (Å²) in [6, 6.07) is 11.9. The number of nitrogens with one attached hydrogen (secondary N) is 3. The first-order valence-electron chi connectivity index (χ1n) is 15.4. The van der Waals surface area contributed by atoms with Crippen LogP contribution in [0.1, 0.15) is 47.9 Å². The standard InChI is InChI=1S/C34H35Cl2F5N4O6/c1-18(2)22(29(47)34(40,41)32(50)43-17-33(37,38)39)16-27(46)28(20-8-10-21(51-3)11-9-20)45-31(49)26(15-19-7-12-23(35)24(36)14-19)44-30(48)25-6-4-5-13-42-25/h4-14,18,22,26,28-29,47H,15-17H2,1-3H3,(H,43,50)(H,44,48)(H,45,49)/t22-,26-,28-,29+/m0/s1. The fourth-order valence-corrected chi connectivity index (χ4v) is 5.31. The van der Waals surface area contributed by atoms with Crippen molar-refractivity contribution >= 4 is 46.7 Å². The van der Waals surface area contributed by atoms with Gasteiger partial charge < -0.3 is 25.8 Å². The average molecular weight is 762 g/mol. The number of hydrogen-bond acceptors (Lipinski definition) is 7. The Kier molecular flexibility index (Phi) is 14.3. The van der Waals surface area contributed by atoms with Crippen LogP contribution in [-0.2, 0) is 20.8 Å². The third-order valence-corrected chi connectivity index (χ3v) is 8.56. The van der Waals surface area contributed by atoms with Crippen molar-refractivity contribution < 1.29 is 51.0 Å². The number of carbonyl (C=O) groups excluding carboxylic acids is 4. The van der Waals surface area contributed by atoms with Crippen LogP contribution in [-0.4, -0.2) is 71.5 Å². The highest BCUT2D eigenvalue weighted by molar-refractivity contribution is 6.42. The van der Waals surface area contributed by atoms with Gasteiger partial charge >= 0.3 is 12.1 Å². The molecule has 0 fully saturated rings. The molecule has 4 N–H and O–H groups in total. The lowest BCUT2D eigenvalue weighted by atomic mass is 9.81. The number of alkyl halides is 5. The van der Waals surface area contributed by atoms with Crippen LogP contribution < -0.4 is 20.7 Å². The van der Waals surface area contributed by atoms with Crippen molar-refractivity contribution in [3.63, 3.8) is 0 Å². The van der Waals surface area contributed by atoms with Crippen LogP contribution in [0.2, 0.25) is 10.0 Å². The van der Waals surface area contributed by atoms with E-state index in [0.717, 1.165) is 5.32 Å². The number of aliphatic hydroxyl groups is 1. The van der Waals surface area contributed by atoms with Gasteiger partial charge in [-0.1, -0.05) is 61.3 Å². The van der Waals surface area contributed by atoms with Crippen LogP contribution in [0.25, 0.3) is 0 Å². The molecule has 0 bridgehead atoms. The zero-order chi connectivity index (χ0) is 38.1. The van der Waals surface area contributed by atoms with E-state index in [4.69, 9.17) is 27.9 Å².